The zero-order valence-electron chi connectivity index (χ0n) is 7.76. The van der Waals surface area contributed by atoms with Crippen LogP contribution in [0, 0.1) is 0 Å². The molecule has 0 saturated carbocycles. The standard InChI is InChI=1S/C7H8O5S.K/c1-11-6-4-2-3-5-7(6)12-13(8,9)10;/h2-5H,1H3,(H,8,9,10);/q;+1/p-1. The van der Waals surface area contributed by atoms with Crippen LogP contribution in [0.1, 0.15) is 0 Å². The van der Waals surface area contributed by atoms with E-state index >= 15 is 0 Å². The normalized spacial score (nSPS) is 10.1. The molecule has 0 aliphatic carbocycles. The van der Waals surface area contributed by atoms with Crippen LogP contribution >= 0.6 is 0 Å². The largest absolute Gasteiger partial charge is 1.00 e. The van der Waals surface area contributed by atoms with Crippen molar-refractivity contribution in [2.75, 3.05) is 7.11 Å². The van der Waals surface area contributed by atoms with Gasteiger partial charge in [0.1, 0.15) is 0 Å². The molecule has 0 fully saturated rings. The van der Waals surface area contributed by atoms with Crippen LogP contribution < -0.4 is 60.3 Å². The second kappa shape index (κ2) is 6.06. The molecule has 0 aromatic heterocycles. The second-order valence-corrected chi connectivity index (χ2v) is 3.13. The molecule has 0 spiro atoms. The number of rotatable bonds is 3. The van der Waals surface area contributed by atoms with Crippen molar-refractivity contribution in [1.29, 1.82) is 0 Å². The Balaban J connectivity index is 0.00000169. The van der Waals surface area contributed by atoms with Crippen LogP contribution in [0.2, 0.25) is 0 Å². The fraction of sp³-hybridized carbons (Fsp3) is 0.143. The van der Waals surface area contributed by atoms with Crippen LogP contribution in [0.25, 0.3) is 0 Å². The van der Waals surface area contributed by atoms with E-state index in [-0.39, 0.29) is 62.9 Å². The molecule has 1 rings (SSSR count). The van der Waals surface area contributed by atoms with E-state index in [1.54, 1.807) is 6.07 Å². The molecule has 0 aliphatic rings. The third-order valence-corrected chi connectivity index (χ3v) is 1.64. The van der Waals surface area contributed by atoms with E-state index in [2.05, 4.69) is 4.18 Å². The zero-order chi connectivity index (χ0) is 9.90. The van der Waals surface area contributed by atoms with Gasteiger partial charge in [-0.25, -0.2) is 8.42 Å². The molecule has 0 saturated heterocycles. The van der Waals surface area contributed by atoms with Gasteiger partial charge >= 0.3 is 51.4 Å². The van der Waals surface area contributed by atoms with Gasteiger partial charge in [-0.15, -0.1) is 0 Å². The van der Waals surface area contributed by atoms with Crippen molar-refractivity contribution in [2.24, 2.45) is 0 Å². The van der Waals surface area contributed by atoms with Crippen LogP contribution in [-0.4, -0.2) is 20.1 Å². The molecule has 0 N–H and O–H groups in total. The maximum absolute atomic E-state index is 10.2. The van der Waals surface area contributed by atoms with Gasteiger partial charge in [0.05, 0.1) is 7.11 Å². The van der Waals surface area contributed by atoms with Crippen molar-refractivity contribution >= 4 is 10.4 Å². The quantitative estimate of drug-likeness (QED) is 0.334. The second-order valence-electron chi connectivity index (χ2n) is 2.14. The summed E-state index contributed by atoms with van der Waals surface area (Å²) in [4.78, 5) is 0. The molecule has 0 atom stereocenters. The van der Waals surface area contributed by atoms with Gasteiger partial charge in [-0.3, -0.25) is 0 Å². The average Bonchev–Trinajstić information content (AvgIpc) is 2.02. The Bertz CT molecular complexity index is 389. The van der Waals surface area contributed by atoms with Gasteiger partial charge < -0.3 is 13.5 Å². The Hall–Kier alpha value is 0.366. The Morgan fingerprint density at radius 3 is 2.14 bits per heavy atom. The molecule has 0 bridgehead atoms. The predicted molar refractivity (Wildman–Crippen MR) is 43.3 cm³/mol. The molecule has 1 aromatic carbocycles. The first-order chi connectivity index (χ1) is 6.03. The molecule has 72 valence electrons. The van der Waals surface area contributed by atoms with Crippen LogP contribution in [0.3, 0.4) is 0 Å². The SMILES string of the molecule is COc1ccccc1OS(=O)(=O)[O-].[K+]. The molecule has 0 radical (unpaired) electrons. The number of ether oxygens (including phenoxy) is 1. The molecule has 0 unspecified atom stereocenters. The van der Waals surface area contributed by atoms with Crippen molar-refractivity contribution in [2.45, 2.75) is 0 Å². The first-order valence-corrected chi connectivity index (χ1v) is 4.64. The molecule has 5 nitrogen and oxygen atoms in total. The van der Waals surface area contributed by atoms with Gasteiger partial charge in [0.2, 0.25) is 0 Å². The summed E-state index contributed by atoms with van der Waals surface area (Å²) in [5.74, 6) is 0.0851. The topological polar surface area (TPSA) is 75.7 Å². The van der Waals surface area contributed by atoms with Crippen molar-refractivity contribution in [3.05, 3.63) is 24.3 Å². The van der Waals surface area contributed by atoms with Gasteiger partial charge in [0.25, 0.3) is 10.4 Å². The molecule has 0 heterocycles. The van der Waals surface area contributed by atoms with Crippen LogP contribution in [0.4, 0.5) is 0 Å². The van der Waals surface area contributed by atoms with E-state index in [1.165, 1.54) is 25.3 Å². The van der Waals surface area contributed by atoms with Crippen LogP contribution in [-0.2, 0) is 10.4 Å². The van der Waals surface area contributed by atoms with Gasteiger partial charge in [0, 0.05) is 0 Å². The Morgan fingerprint density at radius 2 is 1.71 bits per heavy atom. The number of benzene rings is 1. The van der Waals surface area contributed by atoms with Gasteiger partial charge in [-0.1, -0.05) is 12.1 Å². The van der Waals surface area contributed by atoms with Crippen molar-refractivity contribution in [3.8, 4) is 11.5 Å². The summed E-state index contributed by atoms with van der Waals surface area (Å²) in [6.45, 7) is 0. The average molecular weight is 242 g/mol. The van der Waals surface area contributed by atoms with E-state index in [1.807, 2.05) is 0 Å². The molecule has 1 aromatic rings. The summed E-state index contributed by atoms with van der Waals surface area (Å²) in [7, 11) is -3.39. The minimum atomic E-state index is -4.74. The van der Waals surface area contributed by atoms with E-state index in [0.717, 1.165) is 0 Å². The van der Waals surface area contributed by atoms with Crippen LogP contribution in [0.15, 0.2) is 24.3 Å². The molecule has 0 amide bonds. The third-order valence-electron chi connectivity index (χ3n) is 1.26. The summed E-state index contributed by atoms with van der Waals surface area (Å²) in [6.07, 6.45) is 0. The number of methoxy groups -OCH3 is 1. The molecule has 7 heteroatoms. The maximum Gasteiger partial charge on any atom is 1.00 e. The van der Waals surface area contributed by atoms with Gasteiger partial charge in [-0.05, 0) is 12.1 Å². The van der Waals surface area contributed by atoms with Crippen molar-refractivity contribution in [1.82, 2.24) is 0 Å². The Kier molecular flexibility index (Phi) is 6.22. The Morgan fingerprint density at radius 1 is 1.21 bits per heavy atom. The van der Waals surface area contributed by atoms with Crippen LogP contribution in [0.5, 0.6) is 11.5 Å². The number of hydrogen-bond donors (Lipinski definition) is 0. The van der Waals surface area contributed by atoms with Gasteiger partial charge in [0.15, 0.2) is 11.5 Å². The van der Waals surface area contributed by atoms with E-state index < -0.39 is 10.4 Å². The number of hydrogen-bond acceptors (Lipinski definition) is 5. The first kappa shape index (κ1) is 14.4. The summed E-state index contributed by atoms with van der Waals surface area (Å²) in [5.41, 5.74) is 0. The fourth-order valence-electron chi connectivity index (χ4n) is 0.798. The minimum absolute atomic E-state index is 0. The first-order valence-electron chi connectivity index (χ1n) is 3.31. The molecule has 14 heavy (non-hydrogen) atoms. The summed E-state index contributed by atoms with van der Waals surface area (Å²) in [6, 6.07) is 5.97. The molecule has 0 aliphatic heterocycles. The third kappa shape index (κ3) is 4.74. The predicted octanol–water partition coefficient (Wildman–Crippen LogP) is -2.46. The zero-order valence-corrected chi connectivity index (χ0v) is 11.7. The monoisotopic (exact) mass is 242 g/mol. The van der Waals surface area contributed by atoms with E-state index in [4.69, 9.17) is 4.74 Å². The molecular weight excluding hydrogens is 235 g/mol. The van der Waals surface area contributed by atoms with Crippen molar-refractivity contribution < 1.29 is 73.3 Å². The Labute approximate surface area is 125 Å². The molecular formula is C7H7KO5S. The number of para-hydroxylation sites is 2. The summed E-state index contributed by atoms with van der Waals surface area (Å²) >= 11 is 0. The minimum Gasteiger partial charge on any atom is -0.716 e. The smallest absolute Gasteiger partial charge is 0.716 e. The van der Waals surface area contributed by atoms with E-state index in [9.17, 15) is 13.0 Å². The summed E-state index contributed by atoms with van der Waals surface area (Å²) < 4.78 is 39.6. The van der Waals surface area contributed by atoms with Crippen molar-refractivity contribution in [3.63, 3.8) is 0 Å². The van der Waals surface area contributed by atoms with E-state index in [0.29, 0.717) is 0 Å². The van der Waals surface area contributed by atoms with Gasteiger partial charge in [-0.2, -0.15) is 0 Å². The summed E-state index contributed by atoms with van der Waals surface area (Å²) in [5, 5.41) is 0. The fourth-order valence-corrected chi connectivity index (χ4v) is 1.16. The maximum atomic E-state index is 10.2.